The first-order chi connectivity index (χ1) is 26.0. The van der Waals surface area contributed by atoms with Gasteiger partial charge < -0.3 is 9.80 Å². The van der Waals surface area contributed by atoms with Crippen molar-refractivity contribution in [3.05, 3.63) is 235 Å². The molecule has 0 saturated carbocycles. The third kappa shape index (κ3) is 12.1. The number of aryl methyl sites for hydroxylation is 2. The van der Waals surface area contributed by atoms with Crippen molar-refractivity contribution in [2.24, 2.45) is 0 Å². The molecule has 1 saturated heterocycles. The SMILES string of the molecule is Cc1ccccc1N1[CH-]N(c2ccccc2C)[C@H](c2ccccc2)[C@H]1c1ccccc1.[Cl][Ru]([Cl])=[CH]c1ccccc1.c1ccncc1.c1ccncc1. The summed E-state index contributed by atoms with van der Waals surface area (Å²) in [6.07, 6.45) is 7.00. The van der Waals surface area contributed by atoms with Crippen molar-refractivity contribution in [3.63, 3.8) is 0 Å². The maximum absolute atomic E-state index is 5.67. The topological polar surface area (TPSA) is 32.3 Å². The Labute approximate surface area is 327 Å². The molecule has 0 radical (unpaired) electrons. The molecule has 1 fully saturated rings. The van der Waals surface area contributed by atoms with Gasteiger partial charge >= 0.3 is 73.4 Å². The van der Waals surface area contributed by atoms with Gasteiger partial charge in [0.2, 0.25) is 0 Å². The summed E-state index contributed by atoms with van der Waals surface area (Å²) in [5, 5.41) is 0. The average molecular weight is 824 g/mol. The fourth-order valence-corrected chi connectivity index (χ4v) is 7.76. The molecule has 1 aliphatic heterocycles. The number of hydrogen-bond donors (Lipinski definition) is 0. The summed E-state index contributed by atoms with van der Waals surface area (Å²) in [7, 11) is 11.3. The first-order valence-corrected chi connectivity index (χ1v) is 22.7. The molecule has 0 unspecified atom stereocenters. The Balaban J connectivity index is 0.000000197. The second-order valence-corrected chi connectivity index (χ2v) is 17.7. The number of pyridine rings is 2. The zero-order valence-electron chi connectivity index (χ0n) is 29.8. The predicted molar refractivity (Wildman–Crippen MR) is 222 cm³/mol. The molecule has 5 aromatic carbocycles. The normalized spacial score (nSPS) is 14.6. The molecule has 53 heavy (non-hydrogen) atoms. The first kappa shape index (κ1) is 39.3. The maximum atomic E-state index is 5.67. The molecule has 7 heteroatoms. The van der Waals surface area contributed by atoms with Crippen molar-refractivity contribution in [1.82, 2.24) is 9.97 Å². The first-order valence-electron chi connectivity index (χ1n) is 17.2. The van der Waals surface area contributed by atoms with E-state index in [0.717, 1.165) is 5.56 Å². The van der Waals surface area contributed by atoms with E-state index in [9.17, 15) is 0 Å². The summed E-state index contributed by atoms with van der Waals surface area (Å²) >= 11 is -1.61. The molecule has 0 aliphatic carbocycles. The van der Waals surface area contributed by atoms with Crippen molar-refractivity contribution >= 4 is 35.4 Å². The van der Waals surface area contributed by atoms with E-state index >= 15 is 0 Å². The van der Waals surface area contributed by atoms with Crippen LogP contribution in [0.3, 0.4) is 0 Å². The minimum atomic E-state index is -1.61. The molecule has 2 aromatic heterocycles. The van der Waals surface area contributed by atoms with Crippen LogP contribution in [0, 0.1) is 20.5 Å². The molecule has 4 nitrogen and oxygen atoms in total. The Bertz CT molecular complexity index is 1890. The average Bonchev–Trinajstić information content (AvgIpc) is 3.61. The van der Waals surface area contributed by atoms with E-state index in [2.05, 4.69) is 149 Å². The summed E-state index contributed by atoms with van der Waals surface area (Å²) < 4.78 is 1.92. The summed E-state index contributed by atoms with van der Waals surface area (Å²) in [4.78, 5) is 12.5. The van der Waals surface area contributed by atoms with E-state index in [1.807, 2.05) is 71.3 Å². The van der Waals surface area contributed by atoms with Gasteiger partial charge in [0, 0.05) is 36.2 Å². The van der Waals surface area contributed by atoms with E-state index < -0.39 is 13.5 Å². The Hall–Kier alpha value is -4.93. The minimum absolute atomic E-state index is 0.157. The smallest absolute Gasteiger partial charge is 0.0267 e. The van der Waals surface area contributed by atoms with Gasteiger partial charge in [-0.3, -0.25) is 9.97 Å². The van der Waals surface area contributed by atoms with Gasteiger partial charge in [-0.1, -0.05) is 109 Å². The van der Waals surface area contributed by atoms with E-state index in [1.165, 1.54) is 33.6 Å². The van der Waals surface area contributed by atoms with E-state index in [-0.39, 0.29) is 12.1 Å². The Morgan fingerprint density at radius 2 is 0.811 bits per heavy atom. The molecule has 0 N–H and O–H groups in total. The molecule has 1 aliphatic rings. The number of nitrogens with zero attached hydrogens (tertiary/aromatic N) is 4. The van der Waals surface area contributed by atoms with E-state index in [1.54, 1.807) is 24.8 Å². The number of halogens is 2. The van der Waals surface area contributed by atoms with Gasteiger partial charge in [-0.05, 0) is 72.5 Å². The van der Waals surface area contributed by atoms with Crippen LogP contribution >= 0.6 is 19.4 Å². The molecule has 270 valence electrons. The van der Waals surface area contributed by atoms with E-state index in [0.29, 0.717) is 0 Å². The second kappa shape index (κ2) is 21.6. The van der Waals surface area contributed by atoms with Gasteiger partial charge in [0.05, 0.1) is 12.1 Å². The molecule has 7 aromatic rings. The second-order valence-electron chi connectivity index (χ2n) is 12.0. The zero-order chi connectivity index (χ0) is 37.1. The summed E-state index contributed by atoms with van der Waals surface area (Å²) in [6, 6.07) is 60.7. The van der Waals surface area contributed by atoms with Gasteiger partial charge in [0.15, 0.2) is 0 Å². The van der Waals surface area contributed by atoms with Gasteiger partial charge in [-0.15, -0.1) is 0 Å². The molecule has 8 rings (SSSR count). The number of benzene rings is 5. The fraction of sp³-hybridized carbons (Fsp3) is 0.0870. The Kier molecular flexibility index (Phi) is 16.0. The van der Waals surface area contributed by atoms with Gasteiger partial charge in [-0.2, -0.15) is 6.67 Å². The van der Waals surface area contributed by atoms with Crippen LogP contribution in [0.1, 0.15) is 39.9 Å². The van der Waals surface area contributed by atoms with Crippen LogP contribution in [0.25, 0.3) is 0 Å². The van der Waals surface area contributed by atoms with Crippen molar-refractivity contribution in [2.75, 3.05) is 9.80 Å². The van der Waals surface area contributed by atoms with Crippen molar-refractivity contribution < 1.29 is 13.5 Å². The molecular formula is C46H43Cl2N4Ru-. The van der Waals surface area contributed by atoms with Crippen LogP contribution in [-0.2, 0) is 13.5 Å². The molecular weight excluding hydrogens is 781 g/mol. The fourth-order valence-electron chi connectivity index (χ4n) is 5.93. The summed E-state index contributed by atoms with van der Waals surface area (Å²) in [6.45, 7) is 6.69. The molecule has 3 heterocycles. The van der Waals surface area contributed by atoms with Crippen LogP contribution in [-0.4, -0.2) is 14.6 Å². The monoisotopic (exact) mass is 823 g/mol. The number of hydrogen-bond acceptors (Lipinski definition) is 4. The van der Waals surface area contributed by atoms with E-state index in [4.69, 9.17) is 19.4 Å². The standard InChI is InChI=1S/C29H27N2.C7H6.2C5H5N.2ClH.Ru/c1-22-13-9-11-19-26(22)30-21-31(27-20-12-10-14-23(27)2)29(25-17-7-4-8-18-25)28(30)24-15-5-3-6-16-24;1-7-5-3-2-4-6-7;2*1-2-4-6-5-3-1;;;/h3-21,28-29H,1-2H3;1-6H;2*1-5H;2*1H;/q-1;;;;;;+2/p-2/t28-,29-;;;;;;/m1....../s1. The van der Waals surface area contributed by atoms with Gasteiger partial charge in [0.1, 0.15) is 0 Å². The van der Waals surface area contributed by atoms with Crippen LogP contribution < -0.4 is 9.80 Å². The van der Waals surface area contributed by atoms with Crippen molar-refractivity contribution in [3.8, 4) is 0 Å². The quantitative estimate of drug-likeness (QED) is 0.128. The Morgan fingerprint density at radius 1 is 0.472 bits per heavy atom. The maximum Gasteiger partial charge on any atom is 0.0267 e. The van der Waals surface area contributed by atoms with Crippen LogP contribution in [0.15, 0.2) is 201 Å². The van der Waals surface area contributed by atoms with Gasteiger partial charge in [-0.25, -0.2) is 0 Å². The van der Waals surface area contributed by atoms with Crippen LogP contribution in [0.5, 0.6) is 0 Å². The Morgan fingerprint density at radius 3 is 1.13 bits per heavy atom. The summed E-state index contributed by atoms with van der Waals surface area (Å²) in [5.41, 5.74) is 8.78. The summed E-state index contributed by atoms with van der Waals surface area (Å²) in [5.74, 6) is 0. The number of anilines is 2. The number of rotatable bonds is 5. The minimum Gasteiger partial charge on any atom is -0.265 e. The van der Waals surface area contributed by atoms with Crippen LogP contribution in [0.4, 0.5) is 11.4 Å². The molecule has 0 spiro atoms. The third-order valence-electron chi connectivity index (χ3n) is 8.34. The van der Waals surface area contributed by atoms with Gasteiger partial charge in [0.25, 0.3) is 0 Å². The molecule has 2 atom stereocenters. The predicted octanol–water partition coefficient (Wildman–Crippen LogP) is 12.2. The zero-order valence-corrected chi connectivity index (χ0v) is 33.0. The van der Waals surface area contributed by atoms with Crippen LogP contribution in [0.2, 0.25) is 0 Å². The largest absolute Gasteiger partial charge is 0.265 e. The van der Waals surface area contributed by atoms with Crippen molar-refractivity contribution in [1.29, 1.82) is 0 Å². The molecule has 0 bridgehead atoms. The number of aromatic nitrogens is 2. The molecule has 0 amide bonds. The number of para-hydroxylation sites is 2. The van der Waals surface area contributed by atoms with Crippen molar-refractivity contribution in [2.45, 2.75) is 25.9 Å². The third-order valence-corrected chi connectivity index (χ3v) is 10.2.